The van der Waals surface area contributed by atoms with Gasteiger partial charge in [0.25, 0.3) is 0 Å². The van der Waals surface area contributed by atoms with E-state index in [0.29, 0.717) is 12.8 Å². The van der Waals surface area contributed by atoms with Gasteiger partial charge in [-0.2, -0.15) is 0 Å². The van der Waals surface area contributed by atoms with Crippen molar-refractivity contribution < 1.29 is 29.0 Å². The van der Waals surface area contributed by atoms with Crippen LogP contribution in [0.4, 0.5) is 4.79 Å². The SMILES string of the molecule is CCC[C@H](NC(=O)OCC1c2ccccc2-c2ccccc21)C(=O)NC1(C(=O)O)CCOCC1. The van der Waals surface area contributed by atoms with Gasteiger partial charge < -0.3 is 25.2 Å². The van der Waals surface area contributed by atoms with E-state index in [0.717, 1.165) is 22.3 Å². The number of benzene rings is 2. The van der Waals surface area contributed by atoms with Gasteiger partial charge in [-0.1, -0.05) is 61.9 Å². The number of carbonyl (C=O) groups excluding carboxylic acids is 2. The molecule has 1 heterocycles. The fourth-order valence-corrected chi connectivity index (χ4v) is 4.77. The Morgan fingerprint density at radius 1 is 1.06 bits per heavy atom. The van der Waals surface area contributed by atoms with Gasteiger partial charge in [-0.05, 0) is 28.7 Å². The van der Waals surface area contributed by atoms with Gasteiger partial charge in [0.1, 0.15) is 18.2 Å². The third kappa shape index (κ3) is 4.77. The van der Waals surface area contributed by atoms with Crippen LogP contribution < -0.4 is 10.6 Å². The highest BCUT2D eigenvalue weighted by atomic mass is 16.5. The Labute approximate surface area is 198 Å². The van der Waals surface area contributed by atoms with Gasteiger partial charge in [-0.3, -0.25) is 4.79 Å². The summed E-state index contributed by atoms with van der Waals surface area (Å²) < 4.78 is 10.8. The van der Waals surface area contributed by atoms with E-state index in [2.05, 4.69) is 22.8 Å². The molecule has 2 aliphatic rings. The molecule has 1 fully saturated rings. The van der Waals surface area contributed by atoms with Crippen molar-refractivity contribution in [2.75, 3.05) is 19.8 Å². The van der Waals surface area contributed by atoms with Crippen molar-refractivity contribution in [3.63, 3.8) is 0 Å². The summed E-state index contributed by atoms with van der Waals surface area (Å²) in [6.45, 7) is 2.54. The van der Waals surface area contributed by atoms with Gasteiger partial charge >= 0.3 is 12.1 Å². The number of nitrogens with one attached hydrogen (secondary N) is 2. The van der Waals surface area contributed by atoms with Crippen LogP contribution in [-0.4, -0.2) is 54.5 Å². The lowest BCUT2D eigenvalue weighted by atomic mass is 9.89. The van der Waals surface area contributed by atoms with E-state index in [1.807, 2.05) is 43.3 Å². The third-order valence-corrected chi connectivity index (χ3v) is 6.65. The van der Waals surface area contributed by atoms with Gasteiger partial charge in [-0.25, -0.2) is 9.59 Å². The lowest BCUT2D eigenvalue weighted by Crippen LogP contribution is -2.61. The van der Waals surface area contributed by atoms with E-state index in [1.54, 1.807) is 0 Å². The number of carbonyl (C=O) groups is 3. The molecule has 3 N–H and O–H groups in total. The smallest absolute Gasteiger partial charge is 0.407 e. The third-order valence-electron chi connectivity index (χ3n) is 6.65. The zero-order chi connectivity index (χ0) is 24.1. The molecule has 180 valence electrons. The van der Waals surface area contributed by atoms with Gasteiger partial charge in [0.15, 0.2) is 0 Å². The number of ether oxygens (including phenoxy) is 2. The first kappa shape index (κ1) is 23.8. The van der Waals surface area contributed by atoms with Gasteiger partial charge in [0, 0.05) is 32.0 Å². The van der Waals surface area contributed by atoms with Gasteiger partial charge in [-0.15, -0.1) is 0 Å². The summed E-state index contributed by atoms with van der Waals surface area (Å²) in [5.41, 5.74) is 3.07. The molecule has 0 unspecified atom stereocenters. The molecule has 2 aromatic rings. The highest BCUT2D eigenvalue weighted by Gasteiger charge is 2.43. The number of alkyl carbamates (subject to hydrolysis) is 1. The molecule has 4 rings (SSSR count). The lowest BCUT2D eigenvalue weighted by molar-refractivity contribution is -0.152. The van der Waals surface area contributed by atoms with E-state index >= 15 is 0 Å². The van der Waals surface area contributed by atoms with Crippen LogP contribution in [0.15, 0.2) is 48.5 Å². The summed E-state index contributed by atoms with van der Waals surface area (Å²) in [6, 6.07) is 15.2. The Morgan fingerprint density at radius 3 is 2.21 bits per heavy atom. The molecule has 2 aromatic carbocycles. The van der Waals surface area contributed by atoms with Crippen molar-refractivity contribution in [1.29, 1.82) is 0 Å². The number of rotatable bonds is 8. The fourth-order valence-electron chi connectivity index (χ4n) is 4.77. The predicted octanol–water partition coefficient (Wildman–Crippen LogP) is 3.44. The molecule has 1 atom stereocenters. The topological polar surface area (TPSA) is 114 Å². The van der Waals surface area contributed by atoms with Crippen molar-refractivity contribution in [1.82, 2.24) is 10.6 Å². The monoisotopic (exact) mass is 466 g/mol. The molecule has 0 aromatic heterocycles. The lowest BCUT2D eigenvalue weighted by Gasteiger charge is -2.35. The number of hydrogen-bond donors (Lipinski definition) is 3. The summed E-state index contributed by atoms with van der Waals surface area (Å²) in [5, 5.41) is 15.0. The number of aliphatic carboxylic acids is 1. The zero-order valence-electron chi connectivity index (χ0n) is 19.2. The second-order valence-corrected chi connectivity index (χ2v) is 8.80. The summed E-state index contributed by atoms with van der Waals surface area (Å²) in [4.78, 5) is 37.5. The summed E-state index contributed by atoms with van der Waals surface area (Å²) in [6.07, 6.45) is 0.648. The molecule has 1 saturated heterocycles. The predicted molar refractivity (Wildman–Crippen MR) is 125 cm³/mol. The molecule has 34 heavy (non-hydrogen) atoms. The molecule has 2 amide bonds. The molecular weight excluding hydrogens is 436 g/mol. The maximum Gasteiger partial charge on any atom is 0.407 e. The van der Waals surface area contributed by atoms with Gasteiger partial charge in [0.2, 0.25) is 5.91 Å². The molecule has 0 radical (unpaired) electrons. The second-order valence-electron chi connectivity index (χ2n) is 8.80. The first-order valence-electron chi connectivity index (χ1n) is 11.7. The molecular formula is C26H30N2O6. The van der Waals surface area contributed by atoms with Crippen molar-refractivity contribution in [2.24, 2.45) is 0 Å². The van der Waals surface area contributed by atoms with Crippen LogP contribution in [0, 0.1) is 0 Å². The Kier molecular flexibility index (Phi) is 7.17. The van der Waals surface area contributed by atoms with Crippen LogP contribution >= 0.6 is 0 Å². The van der Waals surface area contributed by atoms with Crippen LogP contribution in [-0.2, 0) is 19.1 Å². The van der Waals surface area contributed by atoms with Crippen LogP contribution in [0.5, 0.6) is 0 Å². The van der Waals surface area contributed by atoms with E-state index < -0.39 is 29.6 Å². The number of fused-ring (bicyclic) bond motifs is 3. The molecule has 0 saturated carbocycles. The van der Waals surface area contributed by atoms with Crippen LogP contribution in [0.1, 0.15) is 49.7 Å². The fraction of sp³-hybridized carbons (Fsp3) is 0.423. The Hall–Kier alpha value is -3.39. The van der Waals surface area contributed by atoms with Crippen LogP contribution in [0.3, 0.4) is 0 Å². The Morgan fingerprint density at radius 2 is 1.65 bits per heavy atom. The summed E-state index contributed by atoms with van der Waals surface area (Å²) in [7, 11) is 0. The minimum absolute atomic E-state index is 0.0888. The minimum atomic E-state index is -1.38. The van der Waals surface area contributed by atoms with E-state index in [9.17, 15) is 19.5 Å². The quantitative estimate of drug-likeness (QED) is 0.549. The minimum Gasteiger partial charge on any atom is -0.480 e. The van der Waals surface area contributed by atoms with Crippen molar-refractivity contribution in [3.05, 3.63) is 59.7 Å². The zero-order valence-corrected chi connectivity index (χ0v) is 19.2. The molecule has 8 nitrogen and oxygen atoms in total. The molecule has 0 spiro atoms. The maximum atomic E-state index is 12.9. The van der Waals surface area contributed by atoms with E-state index in [4.69, 9.17) is 9.47 Å². The van der Waals surface area contributed by atoms with E-state index in [-0.39, 0.29) is 38.6 Å². The second kappa shape index (κ2) is 10.3. The van der Waals surface area contributed by atoms with Crippen LogP contribution in [0.2, 0.25) is 0 Å². The average molecular weight is 467 g/mol. The largest absolute Gasteiger partial charge is 0.480 e. The van der Waals surface area contributed by atoms with Crippen molar-refractivity contribution in [3.8, 4) is 11.1 Å². The molecule has 0 bridgehead atoms. The summed E-state index contributed by atoms with van der Waals surface area (Å²) >= 11 is 0. The van der Waals surface area contributed by atoms with Crippen molar-refractivity contribution in [2.45, 2.75) is 50.1 Å². The average Bonchev–Trinajstić information content (AvgIpc) is 3.16. The number of carboxylic acid groups (broad SMARTS) is 1. The van der Waals surface area contributed by atoms with Crippen molar-refractivity contribution >= 4 is 18.0 Å². The number of hydrogen-bond acceptors (Lipinski definition) is 5. The molecule has 1 aliphatic heterocycles. The first-order valence-corrected chi connectivity index (χ1v) is 11.7. The highest BCUT2D eigenvalue weighted by Crippen LogP contribution is 2.44. The number of carboxylic acids is 1. The first-order chi connectivity index (χ1) is 16.4. The Balaban J connectivity index is 1.41. The maximum absolute atomic E-state index is 12.9. The molecule has 8 heteroatoms. The number of amides is 2. The van der Waals surface area contributed by atoms with Crippen LogP contribution in [0.25, 0.3) is 11.1 Å². The molecule has 1 aliphatic carbocycles. The normalized spacial score (nSPS) is 17.2. The highest BCUT2D eigenvalue weighted by molar-refractivity contribution is 5.91. The standard InChI is InChI=1S/C26H30N2O6/c1-2-7-22(23(29)28-26(24(30)31)12-14-33-15-13-26)27-25(32)34-16-21-19-10-5-3-8-17(19)18-9-4-6-11-20(18)21/h3-6,8-11,21-22H,2,7,12-16H2,1H3,(H,27,32)(H,28,29)(H,30,31)/t22-/m0/s1. The Bertz CT molecular complexity index is 1020. The summed E-state index contributed by atoms with van der Waals surface area (Å²) in [5.74, 6) is -1.71. The van der Waals surface area contributed by atoms with E-state index in [1.165, 1.54) is 0 Å². The van der Waals surface area contributed by atoms with Gasteiger partial charge in [0.05, 0.1) is 0 Å².